The van der Waals surface area contributed by atoms with Crippen LogP contribution in [-0.4, -0.2) is 33.5 Å². The molecule has 1 N–H and O–H groups in total. The fourth-order valence-electron chi connectivity index (χ4n) is 4.03. The molecule has 0 spiro atoms. The largest absolute Gasteiger partial charge is 0.478 e. The van der Waals surface area contributed by atoms with Gasteiger partial charge < -0.3 is 4.74 Å². The van der Waals surface area contributed by atoms with Gasteiger partial charge in [-0.1, -0.05) is 83.9 Å². The number of hydrogen-bond donors (Lipinski definition) is 1. The van der Waals surface area contributed by atoms with Gasteiger partial charge in [0.25, 0.3) is 0 Å². The summed E-state index contributed by atoms with van der Waals surface area (Å²) in [4.78, 5) is 5.12. The minimum Gasteiger partial charge on any atom is -0.478 e. The number of sulfonamides is 1. The molecule has 2 rings (SSSR count). The molecule has 0 aromatic heterocycles. The molecule has 1 heterocycles. The first kappa shape index (κ1) is 25.9. The lowest BCUT2D eigenvalue weighted by molar-refractivity contribution is 0.275. The summed E-state index contributed by atoms with van der Waals surface area (Å²) in [5, 5.41) is 0. The van der Waals surface area contributed by atoms with Gasteiger partial charge in [0, 0.05) is 12.5 Å². The molecule has 31 heavy (non-hydrogen) atoms. The molecule has 0 aliphatic carbocycles. The second-order valence-electron chi connectivity index (χ2n) is 9.02. The van der Waals surface area contributed by atoms with Crippen LogP contribution in [0.25, 0.3) is 0 Å². The zero-order chi connectivity index (χ0) is 22.5. The Morgan fingerprint density at radius 2 is 1.61 bits per heavy atom. The normalized spacial score (nSPS) is 17.5. The van der Waals surface area contributed by atoms with E-state index in [0.717, 1.165) is 31.8 Å². The molecule has 1 aliphatic rings. The summed E-state index contributed by atoms with van der Waals surface area (Å²) >= 11 is 0. The Hall–Kier alpha value is -1.40. The summed E-state index contributed by atoms with van der Waals surface area (Å²) in [6.07, 6.45) is 11.6. The van der Waals surface area contributed by atoms with E-state index in [0.29, 0.717) is 29.3 Å². The van der Waals surface area contributed by atoms with Crippen molar-refractivity contribution in [3.05, 3.63) is 30.3 Å². The summed E-state index contributed by atoms with van der Waals surface area (Å²) in [7, 11) is -3.36. The lowest BCUT2D eigenvalue weighted by Gasteiger charge is -2.20. The lowest BCUT2D eigenvalue weighted by atomic mass is 9.90. The number of ether oxygens (including phenoxy) is 1. The molecule has 0 saturated heterocycles. The molecule has 0 fully saturated rings. The number of nitrogens with one attached hydrogen (secondary N) is 1. The predicted molar refractivity (Wildman–Crippen MR) is 129 cm³/mol. The Morgan fingerprint density at radius 3 is 2.19 bits per heavy atom. The standard InChI is InChI=1S/C25H42N2O3S/c1-4-22-20-30-25(27-22)24(21(2)3)18-14-9-7-5-6-8-10-15-19-26-31(28,29)23-16-12-11-13-17-23/h11-13,16-17,21-22,24,26H,4-10,14-15,18-20H2,1-3H3/t22-,24+/m1/s1. The van der Waals surface area contributed by atoms with Crippen LogP contribution < -0.4 is 4.72 Å². The quantitative estimate of drug-likeness (QED) is 0.316. The highest BCUT2D eigenvalue weighted by Crippen LogP contribution is 2.25. The number of benzene rings is 1. The molecule has 1 aromatic rings. The van der Waals surface area contributed by atoms with E-state index in [1.165, 1.54) is 44.9 Å². The van der Waals surface area contributed by atoms with Gasteiger partial charge in [-0.25, -0.2) is 18.1 Å². The molecule has 1 aliphatic heterocycles. The van der Waals surface area contributed by atoms with E-state index in [2.05, 4.69) is 25.5 Å². The van der Waals surface area contributed by atoms with Gasteiger partial charge >= 0.3 is 0 Å². The van der Waals surface area contributed by atoms with Crippen molar-refractivity contribution in [3.63, 3.8) is 0 Å². The van der Waals surface area contributed by atoms with Crippen molar-refractivity contribution in [2.75, 3.05) is 13.2 Å². The Labute approximate surface area is 190 Å². The molecule has 0 saturated carbocycles. The third kappa shape index (κ3) is 9.32. The summed E-state index contributed by atoms with van der Waals surface area (Å²) in [6.45, 7) is 8.00. The molecule has 2 atom stereocenters. The zero-order valence-electron chi connectivity index (χ0n) is 19.7. The number of aliphatic imine (C=N–C) groups is 1. The Bertz CT molecular complexity index is 747. The highest BCUT2D eigenvalue weighted by atomic mass is 32.2. The number of hydrogen-bond acceptors (Lipinski definition) is 4. The van der Waals surface area contributed by atoms with Gasteiger partial charge in [-0.05, 0) is 37.3 Å². The van der Waals surface area contributed by atoms with E-state index in [4.69, 9.17) is 9.73 Å². The van der Waals surface area contributed by atoms with Crippen LogP contribution in [0, 0.1) is 11.8 Å². The van der Waals surface area contributed by atoms with Gasteiger partial charge in [-0.15, -0.1) is 0 Å². The molecule has 0 bridgehead atoms. The first-order valence-electron chi connectivity index (χ1n) is 12.2. The van der Waals surface area contributed by atoms with Crippen LogP contribution in [0.1, 0.15) is 85.0 Å². The smallest absolute Gasteiger partial charge is 0.240 e. The number of unbranched alkanes of at least 4 members (excludes halogenated alkanes) is 7. The SMILES string of the molecule is CC[C@@H]1COC([C@@H](CCCCCCCCCCNS(=O)(=O)c2ccccc2)C(C)C)=N1. The lowest BCUT2D eigenvalue weighted by Crippen LogP contribution is -2.24. The second-order valence-corrected chi connectivity index (χ2v) is 10.8. The summed E-state index contributed by atoms with van der Waals surface area (Å²) < 4.78 is 32.9. The molecule has 0 unspecified atom stereocenters. The van der Waals surface area contributed by atoms with E-state index < -0.39 is 10.0 Å². The maximum absolute atomic E-state index is 12.1. The first-order valence-corrected chi connectivity index (χ1v) is 13.7. The second kappa shape index (κ2) is 13.9. The van der Waals surface area contributed by atoms with Gasteiger partial charge in [0.2, 0.25) is 10.0 Å². The van der Waals surface area contributed by atoms with Crippen LogP contribution >= 0.6 is 0 Å². The Morgan fingerprint density at radius 1 is 1.00 bits per heavy atom. The van der Waals surface area contributed by atoms with Crippen molar-refractivity contribution >= 4 is 15.9 Å². The fraction of sp³-hybridized carbons (Fsp3) is 0.720. The van der Waals surface area contributed by atoms with Crippen molar-refractivity contribution in [3.8, 4) is 0 Å². The highest BCUT2D eigenvalue weighted by molar-refractivity contribution is 7.89. The zero-order valence-corrected chi connectivity index (χ0v) is 20.5. The molecule has 1 aromatic carbocycles. The minimum atomic E-state index is -3.36. The van der Waals surface area contributed by atoms with Crippen LogP contribution in [0.4, 0.5) is 0 Å². The average molecular weight is 451 g/mol. The van der Waals surface area contributed by atoms with Gasteiger partial charge in [0.15, 0.2) is 5.90 Å². The van der Waals surface area contributed by atoms with Crippen LogP contribution in [0.3, 0.4) is 0 Å². The highest BCUT2D eigenvalue weighted by Gasteiger charge is 2.26. The van der Waals surface area contributed by atoms with Crippen LogP contribution in [0.2, 0.25) is 0 Å². The van der Waals surface area contributed by atoms with Crippen LogP contribution in [0.5, 0.6) is 0 Å². The van der Waals surface area contributed by atoms with E-state index in [1.807, 2.05) is 6.07 Å². The van der Waals surface area contributed by atoms with Crippen molar-refractivity contribution in [2.24, 2.45) is 16.8 Å². The first-order chi connectivity index (χ1) is 14.9. The molecule has 176 valence electrons. The Kier molecular flexibility index (Phi) is 11.6. The topological polar surface area (TPSA) is 67.8 Å². The fourth-order valence-corrected chi connectivity index (χ4v) is 5.12. The van der Waals surface area contributed by atoms with Crippen molar-refractivity contribution in [2.45, 2.75) is 95.9 Å². The third-order valence-corrected chi connectivity index (χ3v) is 7.59. The molecule has 5 nitrogen and oxygen atoms in total. The monoisotopic (exact) mass is 450 g/mol. The van der Waals surface area contributed by atoms with Crippen LogP contribution in [-0.2, 0) is 14.8 Å². The van der Waals surface area contributed by atoms with Gasteiger partial charge in [-0.3, -0.25) is 0 Å². The third-order valence-electron chi connectivity index (χ3n) is 6.11. The molecular formula is C25H42N2O3S. The van der Waals surface area contributed by atoms with Gasteiger partial charge in [0.1, 0.15) is 6.61 Å². The maximum atomic E-state index is 12.1. The van der Waals surface area contributed by atoms with Gasteiger partial charge in [-0.2, -0.15) is 0 Å². The van der Waals surface area contributed by atoms with E-state index >= 15 is 0 Å². The Balaban J connectivity index is 1.48. The molecule has 0 radical (unpaired) electrons. The van der Waals surface area contributed by atoms with E-state index in [9.17, 15) is 8.42 Å². The molecule has 0 amide bonds. The van der Waals surface area contributed by atoms with Crippen LogP contribution in [0.15, 0.2) is 40.2 Å². The summed E-state index contributed by atoms with van der Waals surface area (Å²) in [6, 6.07) is 8.93. The molecular weight excluding hydrogens is 408 g/mol. The average Bonchev–Trinajstić information content (AvgIpc) is 3.23. The van der Waals surface area contributed by atoms with E-state index in [-0.39, 0.29) is 0 Å². The maximum Gasteiger partial charge on any atom is 0.240 e. The van der Waals surface area contributed by atoms with Crippen molar-refractivity contribution in [1.82, 2.24) is 4.72 Å². The number of nitrogens with zero attached hydrogens (tertiary/aromatic N) is 1. The summed E-state index contributed by atoms with van der Waals surface area (Å²) in [5.74, 6) is 2.05. The van der Waals surface area contributed by atoms with Gasteiger partial charge in [0.05, 0.1) is 10.9 Å². The minimum absolute atomic E-state index is 0.339. The van der Waals surface area contributed by atoms with Crippen molar-refractivity contribution < 1.29 is 13.2 Å². The van der Waals surface area contributed by atoms with Crippen molar-refractivity contribution in [1.29, 1.82) is 0 Å². The number of rotatable bonds is 16. The predicted octanol–water partition coefficient (Wildman–Crippen LogP) is 5.96. The summed E-state index contributed by atoms with van der Waals surface area (Å²) in [5.41, 5.74) is 0. The van der Waals surface area contributed by atoms with E-state index in [1.54, 1.807) is 24.3 Å². The molecule has 6 heteroatoms.